The van der Waals surface area contributed by atoms with Gasteiger partial charge < -0.3 is 10.1 Å². The smallest absolute Gasteiger partial charge is 0.213 e. The van der Waals surface area contributed by atoms with Crippen LogP contribution in [0.25, 0.3) is 0 Å². The zero-order valence-electron chi connectivity index (χ0n) is 11.1. The molecule has 2 aromatic rings. The van der Waals surface area contributed by atoms with Gasteiger partial charge in [0.25, 0.3) is 0 Å². The number of rotatable bonds is 5. The lowest BCUT2D eigenvalue weighted by Crippen LogP contribution is -2.12. The molecule has 0 aliphatic carbocycles. The fourth-order valence-electron chi connectivity index (χ4n) is 1.72. The average Bonchev–Trinajstić information content (AvgIpc) is 2.45. The van der Waals surface area contributed by atoms with Crippen molar-refractivity contribution >= 4 is 11.6 Å². The lowest BCUT2D eigenvalue weighted by molar-refractivity contribution is 0.293. The highest BCUT2D eigenvalue weighted by Gasteiger charge is 2.05. The zero-order chi connectivity index (χ0) is 13.7. The van der Waals surface area contributed by atoms with Crippen LogP contribution in [0.1, 0.15) is 24.1 Å². The van der Waals surface area contributed by atoms with E-state index in [1.807, 2.05) is 43.4 Å². The lowest BCUT2D eigenvalue weighted by Gasteiger charge is -2.12. The number of pyridine rings is 1. The zero-order valence-corrected chi connectivity index (χ0v) is 11.8. The van der Waals surface area contributed by atoms with Crippen LogP contribution in [0.2, 0.25) is 5.02 Å². The maximum atomic E-state index is 5.93. The van der Waals surface area contributed by atoms with E-state index >= 15 is 0 Å². The Morgan fingerprint density at radius 3 is 2.89 bits per heavy atom. The summed E-state index contributed by atoms with van der Waals surface area (Å²) in [6, 6.07) is 11.8. The van der Waals surface area contributed by atoms with Crippen LogP contribution in [0.5, 0.6) is 5.88 Å². The Kier molecular flexibility index (Phi) is 4.77. The van der Waals surface area contributed by atoms with E-state index in [1.54, 1.807) is 6.20 Å². The second-order valence-electron chi connectivity index (χ2n) is 4.36. The summed E-state index contributed by atoms with van der Waals surface area (Å²) in [5.74, 6) is 0.625. The van der Waals surface area contributed by atoms with E-state index in [0.29, 0.717) is 17.5 Å². The van der Waals surface area contributed by atoms with Crippen molar-refractivity contribution in [1.29, 1.82) is 0 Å². The number of aromatic nitrogens is 1. The molecule has 2 rings (SSSR count). The Morgan fingerprint density at radius 1 is 1.32 bits per heavy atom. The highest BCUT2D eigenvalue weighted by molar-refractivity contribution is 6.30. The molecule has 1 atom stereocenters. The minimum atomic E-state index is 0.275. The molecule has 4 heteroatoms. The van der Waals surface area contributed by atoms with Crippen LogP contribution in [-0.2, 0) is 6.61 Å². The Labute approximate surface area is 118 Å². The fraction of sp³-hybridized carbons (Fsp3) is 0.267. The first-order chi connectivity index (χ1) is 9.19. The molecule has 1 aromatic heterocycles. The van der Waals surface area contributed by atoms with Gasteiger partial charge >= 0.3 is 0 Å². The van der Waals surface area contributed by atoms with Gasteiger partial charge in [0.15, 0.2) is 0 Å². The van der Waals surface area contributed by atoms with Gasteiger partial charge in [-0.1, -0.05) is 23.7 Å². The molecule has 0 fully saturated rings. The first-order valence-electron chi connectivity index (χ1n) is 6.19. The van der Waals surface area contributed by atoms with Crippen molar-refractivity contribution < 1.29 is 4.74 Å². The average molecular weight is 277 g/mol. The van der Waals surface area contributed by atoms with Gasteiger partial charge in [0.1, 0.15) is 6.61 Å². The molecule has 1 aromatic carbocycles. The number of hydrogen-bond acceptors (Lipinski definition) is 3. The summed E-state index contributed by atoms with van der Waals surface area (Å²) in [5, 5.41) is 3.90. The van der Waals surface area contributed by atoms with Crippen molar-refractivity contribution in [3.8, 4) is 5.88 Å². The summed E-state index contributed by atoms with van der Waals surface area (Å²) >= 11 is 5.93. The van der Waals surface area contributed by atoms with Crippen molar-refractivity contribution in [2.75, 3.05) is 7.05 Å². The van der Waals surface area contributed by atoms with Crippen LogP contribution in [0.3, 0.4) is 0 Å². The molecule has 0 spiro atoms. The number of ether oxygens (including phenoxy) is 1. The number of nitrogens with one attached hydrogen (secondary N) is 1. The summed E-state index contributed by atoms with van der Waals surface area (Å²) in [6.45, 7) is 2.56. The second kappa shape index (κ2) is 6.55. The molecule has 1 unspecified atom stereocenters. The first-order valence-corrected chi connectivity index (χ1v) is 6.57. The Morgan fingerprint density at radius 2 is 2.16 bits per heavy atom. The van der Waals surface area contributed by atoms with Crippen LogP contribution >= 0.6 is 11.6 Å². The molecule has 0 amide bonds. The van der Waals surface area contributed by atoms with E-state index in [1.165, 1.54) is 0 Å². The summed E-state index contributed by atoms with van der Waals surface area (Å²) in [4.78, 5) is 4.21. The normalized spacial score (nSPS) is 12.2. The highest BCUT2D eigenvalue weighted by atomic mass is 35.5. The quantitative estimate of drug-likeness (QED) is 0.906. The van der Waals surface area contributed by atoms with Gasteiger partial charge in [0.2, 0.25) is 5.88 Å². The Balaban J connectivity index is 2.03. The molecule has 0 aliphatic rings. The van der Waals surface area contributed by atoms with Gasteiger partial charge in [0, 0.05) is 23.3 Å². The van der Waals surface area contributed by atoms with Gasteiger partial charge in [-0.25, -0.2) is 4.98 Å². The van der Waals surface area contributed by atoms with Crippen molar-refractivity contribution in [3.05, 3.63) is 58.7 Å². The molecule has 19 heavy (non-hydrogen) atoms. The minimum Gasteiger partial charge on any atom is -0.473 e. The maximum Gasteiger partial charge on any atom is 0.213 e. The standard InChI is InChI=1S/C15H17ClN2O/c1-11(17-2)13-6-7-18-15(9-13)19-10-12-4-3-5-14(16)8-12/h3-9,11,17H,10H2,1-2H3. The Bertz CT molecular complexity index is 545. The van der Waals surface area contributed by atoms with Crippen LogP contribution < -0.4 is 10.1 Å². The van der Waals surface area contributed by atoms with Crippen LogP contribution in [-0.4, -0.2) is 12.0 Å². The van der Waals surface area contributed by atoms with E-state index in [0.717, 1.165) is 11.1 Å². The molecular weight excluding hydrogens is 260 g/mol. The summed E-state index contributed by atoms with van der Waals surface area (Å²) in [5.41, 5.74) is 2.18. The van der Waals surface area contributed by atoms with Crippen molar-refractivity contribution in [2.24, 2.45) is 0 Å². The third kappa shape index (κ3) is 3.94. The Hall–Kier alpha value is -1.58. The van der Waals surface area contributed by atoms with Crippen LogP contribution in [0.15, 0.2) is 42.6 Å². The predicted octanol–water partition coefficient (Wildman–Crippen LogP) is 3.59. The molecule has 0 aliphatic heterocycles. The van der Waals surface area contributed by atoms with E-state index in [4.69, 9.17) is 16.3 Å². The van der Waals surface area contributed by atoms with Gasteiger partial charge in [-0.3, -0.25) is 0 Å². The minimum absolute atomic E-state index is 0.275. The first kappa shape index (κ1) is 13.8. The van der Waals surface area contributed by atoms with Gasteiger partial charge in [-0.05, 0) is 43.3 Å². The van der Waals surface area contributed by atoms with E-state index in [2.05, 4.69) is 17.2 Å². The van der Waals surface area contributed by atoms with Gasteiger partial charge in [-0.2, -0.15) is 0 Å². The number of halogens is 1. The summed E-state index contributed by atoms with van der Waals surface area (Å²) in [7, 11) is 1.93. The SMILES string of the molecule is CNC(C)c1ccnc(OCc2cccc(Cl)c2)c1. The largest absolute Gasteiger partial charge is 0.473 e. The molecule has 0 bridgehead atoms. The monoisotopic (exact) mass is 276 g/mol. The molecular formula is C15H17ClN2O. The van der Waals surface area contributed by atoms with E-state index < -0.39 is 0 Å². The van der Waals surface area contributed by atoms with E-state index in [-0.39, 0.29) is 6.04 Å². The molecule has 0 radical (unpaired) electrons. The molecule has 100 valence electrons. The van der Waals surface area contributed by atoms with Crippen molar-refractivity contribution in [3.63, 3.8) is 0 Å². The van der Waals surface area contributed by atoms with Crippen molar-refractivity contribution in [1.82, 2.24) is 10.3 Å². The molecule has 0 saturated heterocycles. The predicted molar refractivity (Wildman–Crippen MR) is 77.5 cm³/mol. The molecule has 3 nitrogen and oxygen atoms in total. The highest BCUT2D eigenvalue weighted by Crippen LogP contribution is 2.18. The van der Waals surface area contributed by atoms with Gasteiger partial charge in [0.05, 0.1) is 0 Å². The fourth-order valence-corrected chi connectivity index (χ4v) is 1.94. The van der Waals surface area contributed by atoms with E-state index in [9.17, 15) is 0 Å². The van der Waals surface area contributed by atoms with Gasteiger partial charge in [-0.15, -0.1) is 0 Å². The molecule has 0 saturated carbocycles. The third-order valence-electron chi connectivity index (χ3n) is 2.97. The molecule has 1 N–H and O–H groups in total. The number of hydrogen-bond donors (Lipinski definition) is 1. The maximum absolute atomic E-state index is 5.93. The number of nitrogens with zero attached hydrogens (tertiary/aromatic N) is 1. The van der Waals surface area contributed by atoms with Crippen molar-refractivity contribution in [2.45, 2.75) is 19.6 Å². The topological polar surface area (TPSA) is 34.2 Å². The van der Waals surface area contributed by atoms with Crippen LogP contribution in [0.4, 0.5) is 0 Å². The summed E-state index contributed by atoms with van der Waals surface area (Å²) in [6.07, 6.45) is 1.76. The van der Waals surface area contributed by atoms with Crippen LogP contribution in [0, 0.1) is 0 Å². The lowest BCUT2D eigenvalue weighted by atomic mass is 10.1. The summed E-state index contributed by atoms with van der Waals surface area (Å²) < 4.78 is 5.68. The second-order valence-corrected chi connectivity index (χ2v) is 4.79. The third-order valence-corrected chi connectivity index (χ3v) is 3.20. The number of benzene rings is 1. The molecule has 1 heterocycles.